The van der Waals surface area contributed by atoms with Crippen LogP contribution in [-0.4, -0.2) is 19.8 Å². The van der Waals surface area contributed by atoms with Crippen molar-refractivity contribution in [3.05, 3.63) is 59.2 Å². The van der Waals surface area contributed by atoms with Gasteiger partial charge in [0.25, 0.3) is 10.0 Å². The number of fused-ring (bicyclic) bond motifs is 1. The molecule has 3 nitrogen and oxygen atoms in total. The predicted octanol–water partition coefficient (Wildman–Crippen LogP) is 4.60. The molecule has 5 heteroatoms. The van der Waals surface area contributed by atoms with Crippen molar-refractivity contribution >= 4 is 31.6 Å². The molecule has 3 rings (SSSR count). The van der Waals surface area contributed by atoms with Crippen molar-refractivity contribution in [2.75, 3.05) is 9.64 Å². The Morgan fingerprint density at radius 2 is 1.75 bits per heavy atom. The Kier molecular flexibility index (Phi) is 5.02. The monoisotopic (exact) mass is 407 g/mol. The first-order chi connectivity index (χ1) is 11.4. The summed E-state index contributed by atoms with van der Waals surface area (Å²) in [4.78, 5) is 0.367. The summed E-state index contributed by atoms with van der Waals surface area (Å²) < 4.78 is 28.3. The quantitative estimate of drug-likeness (QED) is 0.679. The van der Waals surface area contributed by atoms with Crippen molar-refractivity contribution in [2.24, 2.45) is 0 Å². The van der Waals surface area contributed by atoms with E-state index in [4.69, 9.17) is 0 Å². The maximum Gasteiger partial charge on any atom is 0.264 e. The number of anilines is 1. The average Bonchev–Trinajstić information content (AvgIpc) is 2.91. The van der Waals surface area contributed by atoms with Gasteiger partial charge in [0.05, 0.1) is 10.6 Å². The number of sulfonamides is 1. The molecule has 0 N–H and O–H groups in total. The van der Waals surface area contributed by atoms with Crippen LogP contribution in [0.25, 0.3) is 0 Å². The van der Waals surface area contributed by atoms with Gasteiger partial charge in [0, 0.05) is 11.4 Å². The molecule has 0 saturated carbocycles. The van der Waals surface area contributed by atoms with Crippen LogP contribution in [-0.2, 0) is 16.4 Å². The van der Waals surface area contributed by atoms with Gasteiger partial charge in [-0.05, 0) is 62.4 Å². The number of nitrogens with zero attached hydrogens (tertiary/aromatic N) is 1. The zero-order valence-electron chi connectivity index (χ0n) is 14.0. The highest BCUT2D eigenvalue weighted by molar-refractivity contribution is 9.09. The molecule has 0 fully saturated rings. The van der Waals surface area contributed by atoms with Crippen LogP contribution < -0.4 is 4.31 Å². The SMILES string of the molecule is Cc1ccc(S(=O)(=O)N2c3cc(C)ccc3CC2CCCBr)cc1. The van der Waals surface area contributed by atoms with E-state index in [1.807, 2.05) is 32.0 Å². The van der Waals surface area contributed by atoms with Gasteiger partial charge in [-0.3, -0.25) is 4.31 Å². The molecule has 1 unspecified atom stereocenters. The number of benzene rings is 2. The van der Waals surface area contributed by atoms with E-state index in [1.165, 1.54) is 0 Å². The number of alkyl halides is 1. The maximum atomic E-state index is 13.3. The van der Waals surface area contributed by atoms with Gasteiger partial charge in [0.15, 0.2) is 0 Å². The molecule has 1 aliphatic heterocycles. The molecule has 0 amide bonds. The highest BCUT2D eigenvalue weighted by Gasteiger charge is 2.37. The summed E-state index contributed by atoms with van der Waals surface area (Å²) in [5.74, 6) is 0. The summed E-state index contributed by atoms with van der Waals surface area (Å²) in [6, 6.07) is 13.2. The maximum absolute atomic E-state index is 13.3. The second kappa shape index (κ2) is 6.89. The Morgan fingerprint density at radius 3 is 2.42 bits per heavy atom. The van der Waals surface area contributed by atoms with E-state index in [2.05, 4.69) is 28.1 Å². The molecule has 0 spiro atoms. The number of rotatable bonds is 5. The number of aryl methyl sites for hydroxylation is 2. The van der Waals surface area contributed by atoms with Crippen LogP contribution in [0.3, 0.4) is 0 Å². The summed E-state index contributed by atoms with van der Waals surface area (Å²) >= 11 is 3.46. The number of hydrogen-bond acceptors (Lipinski definition) is 2. The molecular formula is C19H22BrNO2S. The highest BCUT2D eigenvalue weighted by atomic mass is 79.9. The molecule has 0 radical (unpaired) electrons. The van der Waals surface area contributed by atoms with Crippen molar-refractivity contribution in [3.8, 4) is 0 Å². The molecule has 0 aromatic heterocycles. The minimum Gasteiger partial charge on any atom is -0.263 e. The van der Waals surface area contributed by atoms with Gasteiger partial charge in [-0.1, -0.05) is 45.8 Å². The second-order valence-corrected chi connectivity index (χ2v) is 9.04. The van der Waals surface area contributed by atoms with Gasteiger partial charge in [-0.15, -0.1) is 0 Å². The standard InChI is InChI=1S/C19H22BrNO2S/c1-14-6-9-18(10-7-14)24(22,23)21-17(4-3-11-20)13-16-8-5-15(2)12-19(16)21/h5-10,12,17H,3-4,11,13H2,1-2H3. The molecule has 128 valence electrons. The molecule has 1 atom stereocenters. The van der Waals surface area contributed by atoms with Gasteiger partial charge in [0.1, 0.15) is 0 Å². The molecular weight excluding hydrogens is 386 g/mol. The largest absolute Gasteiger partial charge is 0.264 e. The lowest BCUT2D eigenvalue weighted by molar-refractivity contribution is 0.566. The third-order valence-electron chi connectivity index (χ3n) is 4.51. The molecule has 2 aromatic rings. The van der Waals surface area contributed by atoms with Crippen LogP contribution in [0.5, 0.6) is 0 Å². The van der Waals surface area contributed by atoms with Crippen molar-refractivity contribution in [1.29, 1.82) is 0 Å². The van der Waals surface area contributed by atoms with Gasteiger partial charge in [-0.2, -0.15) is 0 Å². The van der Waals surface area contributed by atoms with E-state index in [0.29, 0.717) is 4.90 Å². The lowest BCUT2D eigenvalue weighted by Crippen LogP contribution is -2.37. The van der Waals surface area contributed by atoms with E-state index in [0.717, 1.165) is 47.0 Å². The first-order valence-corrected chi connectivity index (χ1v) is 10.8. The normalized spacial score (nSPS) is 17.1. The molecule has 1 heterocycles. The third-order valence-corrected chi connectivity index (χ3v) is 6.96. The van der Waals surface area contributed by atoms with E-state index in [-0.39, 0.29) is 6.04 Å². The lowest BCUT2D eigenvalue weighted by Gasteiger charge is -2.27. The Bertz CT molecular complexity index is 831. The van der Waals surface area contributed by atoms with E-state index < -0.39 is 10.0 Å². The average molecular weight is 408 g/mol. The Labute approximate surface area is 152 Å². The molecule has 0 saturated heterocycles. The fraction of sp³-hybridized carbons (Fsp3) is 0.368. The van der Waals surface area contributed by atoms with Crippen LogP contribution in [0.4, 0.5) is 5.69 Å². The molecule has 0 aliphatic carbocycles. The van der Waals surface area contributed by atoms with Crippen LogP contribution >= 0.6 is 15.9 Å². The minimum atomic E-state index is -3.55. The lowest BCUT2D eigenvalue weighted by atomic mass is 10.1. The summed E-state index contributed by atoms with van der Waals surface area (Å²) in [6.45, 7) is 3.96. The minimum absolute atomic E-state index is 0.00865. The summed E-state index contributed by atoms with van der Waals surface area (Å²) in [7, 11) is -3.55. The van der Waals surface area contributed by atoms with Crippen LogP contribution in [0, 0.1) is 13.8 Å². The second-order valence-electron chi connectivity index (χ2n) is 6.44. The Morgan fingerprint density at radius 1 is 1.08 bits per heavy atom. The van der Waals surface area contributed by atoms with Gasteiger partial charge < -0.3 is 0 Å². The fourth-order valence-electron chi connectivity index (χ4n) is 3.27. The van der Waals surface area contributed by atoms with Gasteiger partial charge in [0.2, 0.25) is 0 Å². The number of hydrogen-bond donors (Lipinski definition) is 0. The van der Waals surface area contributed by atoms with Crippen LogP contribution in [0.2, 0.25) is 0 Å². The first kappa shape index (κ1) is 17.5. The van der Waals surface area contributed by atoms with Crippen molar-refractivity contribution < 1.29 is 8.42 Å². The van der Waals surface area contributed by atoms with Crippen molar-refractivity contribution in [1.82, 2.24) is 0 Å². The molecule has 24 heavy (non-hydrogen) atoms. The predicted molar refractivity (Wildman–Crippen MR) is 103 cm³/mol. The van der Waals surface area contributed by atoms with Gasteiger partial charge in [-0.25, -0.2) is 8.42 Å². The van der Waals surface area contributed by atoms with Crippen LogP contribution in [0.1, 0.15) is 29.5 Å². The van der Waals surface area contributed by atoms with E-state index in [1.54, 1.807) is 16.4 Å². The Balaban J connectivity index is 2.07. The molecule has 0 bridgehead atoms. The molecule has 2 aromatic carbocycles. The van der Waals surface area contributed by atoms with E-state index in [9.17, 15) is 8.42 Å². The summed E-state index contributed by atoms with van der Waals surface area (Å²) in [6.07, 6.45) is 2.59. The smallest absolute Gasteiger partial charge is 0.263 e. The summed E-state index contributed by atoms with van der Waals surface area (Å²) in [5, 5.41) is 0.886. The summed E-state index contributed by atoms with van der Waals surface area (Å²) in [5.41, 5.74) is 4.10. The Hall–Kier alpha value is -1.33. The fourth-order valence-corrected chi connectivity index (χ4v) is 5.30. The third kappa shape index (κ3) is 3.24. The van der Waals surface area contributed by atoms with Crippen molar-refractivity contribution in [2.45, 2.75) is 44.0 Å². The molecule has 1 aliphatic rings. The van der Waals surface area contributed by atoms with Gasteiger partial charge >= 0.3 is 0 Å². The highest BCUT2D eigenvalue weighted by Crippen LogP contribution is 2.39. The van der Waals surface area contributed by atoms with Crippen LogP contribution in [0.15, 0.2) is 47.4 Å². The van der Waals surface area contributed by atoms with Crippen molar-refractivity contribution in [3.63, 3.8) is 0 Å². The zero-order valence-corrected chi connectivity index (χ0v) is 16.4. The topological polar surface area (TPSA) is 37.4 Å². The number of halogens is 1. The zero-order chi connectivity index (χ0) is 17.3. The van der Waals surface area contributed by atoms with E-state index >= 15 is 0 Å². The first-order valence-electron chi connectivity index (χ1n) is 8.20.